The van der Waals surface area contributed by atoms with Crippen molar-refractivity contribution < 1.29 is 13.3 Å². The fourth-order valence-electron chi connectivity index (χ4n) is 3.22. The minimum atomic E-state index is -3.83. The number of piperidine rings is 1. The Bertz CT molecular complexity index is 668. The summed E-state index contributed by atoms with van der Waals surface area (Å²) < 4.78 is 27.1. The van der Waals surface area contributed by atoms with Gasteiger partial charge in [-0.05, 0) is 31.9 Å². The molecule has 0 saturated carbocycles. The summed E-state index contributed by atoms with van der Waals surface area (Å²) in [7, 11) is -3.83. The lowest BCUT2D eigenvalue weighted by atomic mass is 9.81. The summed E-state index contributed by atoms with van der Waals surface area (Å²) in [5.74, 6) is 0. The number of nitro groups is 1. The Labute approximate surface area is 123 Å². The van der Waals surface area contributed by atoms with Gasteiger partial charge in [0, 0.05) is 24.7 Å². The highest BCUT2D eigenvalue weighted by Gasteiger charge is 2.52. The van der Waals surface area contributed by atoms with E-state index in [1.54, 1.807) is 0 Å². The zero-order valence-corrected chi connectivity index (χ0v) is 12.3. The van der Waals surface area contributed by atoms with Gasteiger partial charge in [-0.1, -0.05) is 12.1 Å². The fourth-order valence-corrected chi connectivity index (χ4v) is 5.20. The Balaban J connectivity index is 2.00. The standard InChI is InChI=1S/C13H17N3O4S/c17-16(18)11-4-1-2-5-12(11)21(19,20)15-9-7-13(15)6-3-8-14-10-13/h1-2,4-5,14H,3,6-10H2. The molecule has 8 heteroatoms. The van der Waals surface area contributed by atoms with E-state index in [9.17, 15) is 18.5 Å². The van der Waals surface area contributed by atoms with Gasteiger partial charge in [0.15, 0.2) is 4.90 Å². The Kier molecular flexibility index (Phi) is 3.46. The molecule has 0 aliphatic carbocycles. The maximum atomic E-state index is 12.8. The summed E-state index contributed by atoms with van der Waals surface area (Å²) in [6, 6.07) is 5.55. The van der Waals surface area contributed by atoms with E-state index in [4.69, 9.17) is 0 Å². The summed E-state index contributed by atoms with van der Waals surface area (Å²) in [5, 5.41) is 14.3. The number of benzene rings is 1. The van der Waals surface area contributed by atoms with Crippen LogP contribution in [0.5, 0.6) is 0 Å². The van der Waals surface area contributed by atoms with Gasteiger partial charge in [-0.3, -0.25) is 10.1 Å². The molecule has 1 aromatic carbocycles. The van der Waals surface area contributed by atoms with Crippen molar-refractivity contribution in [3.8, 4) is 0 Å². The highest BCUT2D eigenvalue weighted by atomic mass is 32.2. The number of nitrogens with one attached hydrogen (secondary N) is 1. The minimum Gasteiger partial charge on any atom is -0.315 e. The van der Waals surface area contributed by atoms with Gasteiger partial charge < -0.3 is 5.32 Å². The van der Waals surface area contributed by atoms with Crippen molar-refractivity contribution in [2.75, 3.05) is 19.6 Å². The lowest BCUT2D eigenvalue weighted by Gasteiger charge is -2.53. The first-order valence-corrected chi connectivity index (χ1v) is 8.38. The van der Waals surface area contributed by atoms with E-state index < -0.39 is 20.5 Å². The normalized spacial score (nSPS) is 26.5. The highest BCUT2D eigenvalue weighted by Crippen LogP contribution is 2.42. The minimum absolute atomic E-state index is 0.209. The SMILES string of the molecule is O=[N+]([O-])c1ccccc1S(=O)(=O)N1CCC12CCCNC2. The number of sulfonamides is 1. The summed E-state index contributed by atoms with van der Waals surface area (Å²) in [6.45, 7) is 1.93. The first-order chi connectivity index (χ1) is 9.97. The van der Waals surface area contributed by atoms with Crippen molar-refractivity contribution in [3.05, 3.63) is 34.4 Å². The molecule has 7 nitrogen and oxygen atoms in total. The maximum absolute atomic E-state index is 12.8. The molecule has 0 radical (unpaired) electrons. The predicted octanol–water partition coefficient (Wildman–Crippen LogP) is 1.11. The lowest BCUT2D eigenvalue weighted by molar-refractivity contribution is -0.387. The van der Waals surface area contributed by atoms with Crippen LogP contribution in [0.4, 0.5) is 5.69 Å². The molecule has 21 heavy (non-hydrogen) atoms. The summed E-state index contributed by atoms with van der Waals surface area (Å²) in [5.41, 5.74) is -0.760. The van der Waals surface area contributed by atoms with Crippen LogP contribution in [0.3, 0.4) is 0 Å². The third kappa shape index (κ3) is 2.23. The molecule has 1 aromatic rings. The van der Waals surface area contributed by atoms with Crippen LogP contribution in [0.2, 0.25) is 0 Å². The molecule has 2 aliphatic heterocycles. The average molecular weight is 311 g/mol. The topological polar surface area (TPSA) is 92.5 Å². The van der Waals surface area contributed by atoms with Crippen LogP contribution in [-0.2, 0) is 10.0 Å². The number of nitrogens with zero attached hydrogens (tertiary/aromatic N) is 2. The van der Waals surface area contributed by atoms with Gasteiger partial charge in [0.05, 0.1) is 4.92 Å². The second kappa shape index (κ2) is 5.04. The van der Waals surface area contributed by atoms with Gasteiger partial charge in [-0.15, -0.1) is 0 Å². The Morgan fingerprint density at radius 3 is 2.62 bits per heavy atom. The number of para-hydroxylation sites is 1. The van der Waals surface area contributed by atoms with E-state index in [-0.39, 0.29) is 10.6 Å². The van der Waals surface area contributed by atoms with E-state index >= 15 is 0 Å². The predicted molar refractivity (Wildman–Crippen MR) is 76.4 cm³/mol. The van der Waals surface area contributed by atoms with Crippen LogP contribution < -0.4 is 5.32 Å². The highest BCUT2D eigenvalue weighted by molar-refractivity contribution is 7.89. The van der Waals surface area contributed by atoms with Crippen molar-refractivity contribution >= 4 is 15.7 Å². The Morgan fingerprint density at radius 1 is 1.29 bits per heavy atom. The number of hydrogen-bond donors (Lipinski definition) is 1. The van der Waals surface area contributed by atoms with Crippen LogP contribution in [0.1, 0.15) is 19.3 Å². The van der Waals surface area contributed by atoms with Gasteiger partial charge in [0.1, 0.15) is 0 Å². The van der Waals surface area contributed by atoms with Crippen LogP contribution in [0.25, 0.3) is 0 Å². The molecule has 2 saturated heterocycles. The smallest absolute Gasteiger partial charge is 0.289 e. The zero-order valence-electron chi connectivity index (χ0n) is 11.5. The van der Waals surface area contributed by atoms with Gasteiger partial charge in [0.2, 0.25) is 10.0 Å². The molecule has 2 aliphatic rings. The quantitative estimate of drug-likeness (QED) is 0.667. The third-order valence-electron chi connectivity index (χ3n) is 4.39. The molecule has 1 unspecified atom stereocenters. The van der Waals surface area contributed by atoms with E-state index in [0.717, 1.165) is 25.8 Å². The zero-order chi connectivity index (χ0) is 15.1. The molecule has 0 bridgehead atoms. The summed E-state index contributed by atoms with van der Waals surface area (Å²) in [4.78, 5) is 10.2. The largest absolute Gasteiger partial charge is 0.315 e. The van der Waals surface area contributed by atoms with Crippen LogP contribution in [0, 0.1) is 10.1 Å². The first-order valence-electron chi connectivity index (χ1n) is 6.94. The Morgan fingerprint density at radius 2 is 2.05 bits per heavy atom. The second-order valence-corrected chi connectivity index (χ2v) is 7.39. The molecular weight excluding hydrogens is 294 g/mol. The second-order valence-electron chi connectivity index (χ2n) is 5.56. The van der Waals surface area contributed by atoms with Gasteiger partial charge in [0.25, 0.3) is 5.69 Å². The number of nitro benzene ring substituents is 1. The number of hydrogen-bond acceptors (Lipinski definition) is 5. The molecule has 3 rings (SSSR count). The Hall–Kier alpha value is -1.51. The molecule has 0 aromatic heterocycles. The summed E-state index contributed by atoms with van der Waals surface area (Å²) in [6.07, 6.45) is 2.53. The maximum Gasteiger partial charge on any atom is 0.289 e. The van der Waals surface area contributed by atoms with Crippen molar-refractivity contribution in [3.63, 3.8) is 0 Å². The van der Waals surface area contributed by atoms with Crippen molar-refractivity contribution in [2.24, 2.45) is 0 Å². The molecule has 0 amide bonds. The van der Waals surface area contributed by atoms with Crippen LogP contribution in [0.15, 0.2) is 29.2 Å². The van der Waals surface area contributed by atoms with Crippen LogP contribution in [-0.4, -0.2) is 42.8 Å². The lowest BCUT2D eigenvalue weighted by Crippen LogP contribution is -2.67. The molecular formula is C13H17N3O4S. The fraction of sp³-hybridized carbons (Fsp3) is 0.538. The molecule has 114 valence electrons. The van der Waals surface area contributed by atoms with Crippen molar-refractivity contribution in [2.45, 2.75) is 29.7 Å². The van der Waals surface area contributed by atoms with E-state index in [2.05, 4.69) is 5.32 Å². The van der Waals surface area contributed by atoms with Crippen molar-refractivity contribution in [1.82, 2.24) is 9.62 Å². The van der Waals surface area contributed by atoms with Gasteiger partial charge >= 0.3 is 0 Å². The van der Waals surface area contributed by atoms with Gasteiger partial charge in [-0.2, -0.15) is 4.31 Å². The molecule has 1 atom stereocenters. The summed E-state index contributed by atoms with van der Waals surface area (Å²) >= 11 is 0. The van der Waals surface area contributed by atoms with Crippen LogP contribution >= 0.6 is 0 Å². The monoisotopic (exact) mass is 311 g/mol. The molecule has 1 N–H and O–H groups in total. The third-order valence-corrected chi connectivity index (χ3v) is 6.44. The molecule has 1 spiro atoms. The average Bonchev–Trinajstić information content (AvgIpc) is 2.46. The van der Waals surface area contributed by atoms with Crippen molar-refractivity contribution in [1.29, 1.82) is 0 Å². The molecule has 2 fully saturated rings. The van der Waals surface area contributed by atoms with Gasteiger partial charge in [-0.25, -0.2) is 8.42 Å². The van der Waals surface area contributed by atoms with E-state index in [0.29, 0.717) is 13.1 Å². The molecule has 2 heterocycles. The number of rotatable bonds is 3. The van der Waals surface area contributed by atoms with E-state index in [1.807, 2.05) is 0 Å². The first kappa shape index (κ1) is 14.4. The van der Waals surface area contributed by atoms with E-state index in [1.165, 1.54) is 28.6 Å².